The van der Waals surface area contributed by atoms with E-state index in [9.17, 15) is 4.79 Å². The lowest BCUT2D eigenvalue weighted by Crippen LogP contribution is -2.35. The van der Waals surface area contributed by atoms with Crippen LogP contribution in [0.3, 0.4) is 0 Å². The van der Waals surface area contributed by atoms with Gasteiger partial charge in [-0.05, 0) is 12.0 Å². The van der Waals surface area contributed by atoms with Crippen LogP contribution >= 0.6 is 0 Å². The summed E-state index contributed by atoms with van der Waals surface area (Å²) < 4.78 is 5.53. The Morgan fingerprint density at radius 3 is 2.71 bits per heavy atom. The average Bonchev–Trinajstić information content (AvgIpc) is 2.38. The molecule has 0 spiro atoms. The molecule has 2 amide bonds. The van der Waals surface area contributed by atoms with Crippen molar-refractivity contribution in [2.45, 2.75) is 13.0 Å². The molecule has 0 saturated heterocycles. The molecule has 17 heavy (non-hydrogen) atoms. The summed E-state index contributed by atoms with van der Waals surface area (Å²) in [6.45, 7) is 2.00. The minimum atomic E-state index is -0.0620. The predicted octanol–water partition coefficient (Wildman–Crippen LogP) is 1.86. The Morgan fingerprint density at radius 2 is 2.06 bits per heavy atom. The second-order valence-electron chi connectivity index (χ2n) is 3.87. The van der Waals surface area contributed by atoms with E-state index < -0.39 is 0 Å². The number of nitrogens with one attached hydrogen (secondary N) is 1. The summed E-state index contributed by atoms with van der Waals surface area (Å²) in [6.07, 6.45) is 0.844. The first-order chi connectivity index (χ1) is 8.24. The Bertz CT molecular complexity index is 327. The van der Waals surface area contributed by atoms with Gasteiger partial charge in [0.15, 0.2) is 0 Å². The van der Waals surface area contributed by atoms with Gasteiger partial charge in [0, 0.05) is 27.2 Å². The fourth-order valence-corrected chi connectivity index (χ4v) is 1.46. The van der Waals surface area contributed by atoms with Crippen LogP contribution in [0, 0.1) is 0 Å². The van der Waals surface area contributed by atoms with E-state index >= 15 is 0 Å². The number of ether oxygens (including phenoxy) is 1. The third-order valence-corrected chi connectivity index (χ3v) is 2.45. The van der Waals surface area contributed by atoms with Crippen LogP contribution in [0.4, 0.5) is 4.79 Å². The fraction of sp³-hybridized carbons (Fsp3) is 0.462. The van der Waals surface area contributed by atoms with Gasteiger partial charge in [0.05, 0.1) is 6.61 Å². The summed E-state index contributed by atoms with van der Waals surface area (Å²) in [5.41, 5.74) is 1.17. The van der Waals surface area contributed by atoms with Crippen molar-refractivity contribution in [3.05, 3.63) is 35.9 Å². The van der Waals surface area contributed by atoms with Gasteiger partial charge in [-0.15, -0.1) is 0 Å². The number of urea groups is 1. The van der Waals surface area contributed by atoms with Gasteiger partial charge in [0.2, 0.25) is 0 Å². The smallest absolute Gasteiger partial charge is 0.316 e. The van der Waals surface area contributed by atoms with Gasteiger partial charge in [0.1, 0.15) is 0 Å². The Kier molecular flexibility index (Phi) is 6.10. The quantitative estimate of drug-likeness (QED) is 0.766. The Balaban J connectivity index is 2.07. The molecule has 0 fully saturated rings. The third-order valence-electron chi connectivity index (χ3n) is 2.45. The number of carbonyl (C=O) groups excluding carboxylic acids is 1. The Labute approximate surface area is 103 Å². The molecule has 0 unspecified atom stereocenters. The molecule has 0 atom stereocenters. The first-order valence-electron chi connectivity index (χ1n) is 5.78. The van der Waals surface area contributed by atoms with Crippen molar-refractivity contribution in [2.75, 3.05) is 27.2 Å². The topological polar surface area (TPSA) is 41.6 Å². The second kappa shape index (κ2) is 7.68. The number of hydrogen-bond acceptors (Lipinski definition) is 2. The maximum absolute atomic E-state index is 11.2. The molecule has 0 aliphatic carbocycles. The lowest BCUT2D eigenvalue weighted by atomic mass is 10.2. The molecule has 1 aromatic carbocycles. The highest BCUT2D eigenvalue weighted by molar-refractivity contribution is 5.73. The van der Waals surface area contributed by atoms with E-state index in [1.165, 1.54) is 5.56 Å². The molecule has 0 saturated carbocycles. The van der Waals surface area contributed by atoms with Crippen LogP contribution in [0.25, 0.3) is 0 Å². The Hall–Kier alpha value is -1.55. The lowest BCUT2D eigenvalue weighted by Gasteiger charge is -2.16. The molecule has 4 nitrogen and oxygen atoms in total. The SMILES string of the molecule is CNC(=O)N(C)CCCOCc1ccccc1. The zero-order valence-corrected chi connectivity index (χ0v) is 10.5. The van der Waals surface area contributed by atoms with E-state index in [0.29, 0.717) is 19.8 Å². The predicted molar refractivity (Wildman–Crippen MR) is 67.8 cm³/mol. The largest absolute Gasteiger partial charge is 0.377 e. The summed E-state index contributed by atoms with van der Waals surface area (Å²) in [4.78, 5) is 12.8. The molecular formula is C13H20N2O2. The van der Waals surface area contributed by atoms with E-state index in [4.69, 9.17) is 4.74 Å². The summed E-state index contributed by atoms with van der Waals surface area (Å²) in [5, 5.41) is 2.58. The normalized spacial score (nSPS) is 10.0. The molecule has 0 aliphatic rings. The molecule has 94 valence electrons. The second-order valence-corrected chi connectivity index (χ2v) is 3.87. The molecule has 0 aliphatic heterocycles. The molecule has 0 radical (unpaired) electrons. The van der Waals surface area contributed by atoms with Crippen molar-refractivity contribution < 1.29 is 9.53 Å². The summed E-state index contributed by atoms with van der Waals surface area (Å²) >= 11 is 0. The number of rotatable bonds is 6. The fourth-order valence-electron chi connectivity index (χ4n) is 1.46. The van der Waals surface area contributed by atoms with E-state index in [-0.39, 0.29) is 6.03 Å². The number of amides is 2. The third kappa shape index (κ3) is 5.36. The first kappa shape index (κ1) is 13.5. The number of benzene rings is 1. The van der Waals surface area contributed by atoms with Crippen LogP contribution in [-0.4, -0.2) is 38.2 Å². The molecule has 1 rings (SSSR count). The molecule has 1 aromatic rings. The highest BCUT2D eigenvalue weighted by Gasteiger charge is 2.04. The van der Waals surface area contributed by atoms with Crippen LogP contribution in [0.5, 0.6) is 0 Å². The van der Waals surface area contributed by atoms with E-state index in [1.54, 1.807) is 19.0 Å². The van der Waals surface area contributed by atoms with Gasteiger partial charge >= 0.3 is 6.03 Å². The van der Waals surface area contributed by atoms with Crippen LogP contribution in [-0.2, 0) is 11.3 Å². The number of nitrogens with zero attached hydrogens (tertiary/aromatic N) is 1. The monoisotopic (exact) mass is 236 g/mol. The van der Waals surface area contributed by atoms with Crippen molar-refractivity contribution in [2.24, 2.45) is 0 Å². The van der Waals surface area contributed by atoms with Gasteiger partial charge < -0.3 is 15.0 Å². The van der Waals surface area contributed by atoms with Gasteiger partial charge in [-0.1, -0.05) is 30.3 Å². The van der Waals surface area contributed by atoms with Gasteiger partial charge in [0.25, 0.3) is 0 Å². The van der Waals surface area contributed by atoms with Crippen LogP contribution in [0.15, 0.2) is 30.3 Å². The highest BCUT2D eigenvalue weighted by Crippen LogP contribution is 2.00. The summed E-state index contributed by atoms with van der Waals surface area (Å²) in [5.74, 6) is 0. The molecule has 0 heterocycles. The minimum absolute atomic E-state index is 0.0620. The van der Waals surface area contributed by atoms with Crippen molar-refractivity contribution in [3.8, 4) is 0 Å². The maximum Gasteiger partial charge on any atom is 0.316 e. The molecule has 1 N–H and O–H groups in total. The molecule has 4 heteroatoms. The van der Waals surface area contributed by atoms with Gasteiger partial charge in [-0.3, -0.25) is 0 Å². The van der Waals surface area contributed by atoms with E-state index in [0.717, 1.165) is 6.42 Å². The van der Waals surface area contributed by atoms with E-state index in [1.807, 2.05) is 30.3 Å². The average molecular weight is 236 g/mol. The van der Waals surface area contributed by atoms with Gasteiger partial charge in [-0.25, -0.2) is 4.79 Å². The van der Waals surface area contributed by atoms with Crippen LogP contribution < -0.4 is 5.32 Å². The lowest BCUT2D eigenvalue weighted by molar-refractivity contribution is 0.113. The highest BCUT2D eigenvalue weighted by atomic mass is 16.5. The van der Waals surface area contributed by atoms with Crippen molar-refractivity contribution in [1.29, 1.82) is 0 Å². The molecule has 0 bridgehead atoms. The van der Waals surface area contributed by atoms with Gasteiger partial charge in [-0.2, -0.15) is 0 Å². The van der Waals surface area contributed by atoms with E-state index in [2.05, 4.69) is 5.32 Å². The summed E-state index contributed by atoms with van der Waals surface area (Å²) in [6, 6.07) is 10.00. The maximum atomic E-state index is 11.2. The zero-order chi connectivity index (χ0) is 12.5. The van der Waals surface area contributed by atoms with Crippen LogP contribution in [0.1, 0.15) is 12.0 Å². The number of hydrogen-bond donors (Lipinski definition) is 1. The van der Waals surface area contributed by atoms with Crippen molar-refractivity contribution >= 4 is 6.03 Å². The zero-order valence-electron chi connectivity index (χ0n) is 10.5. The minimum Gasteiger partial charge on any atom is -0.377 e. The first-order valence-corrected chi connectivity index (χ1v) is 5.78. The number of carbonyl (C=O) groups is 1. The van der Waals surface area contributed by atoms with Crippen molar-refractivity contribution in [3.63, 3.8) is 0 Å². The Morgan fingerprint density at radius 1 is 1.35 bits per heavy atom. The van der Waals surface area contributed by atoms with Crippen molar-refractivity contribution in [1.82, 2.24) is 10.2 Å². The standard InChI is InChI=1S/C13H20N2O2/c1-14-13(16)15(2)9-6-10-17-11-12-7-4-3-5-8-12/h3-5,7-8H,6,9-11H2,1-2H3,(H,14,16). The molecule has 0 aromatic heterocycles. The molecular weight excluding hydrogens is 216 g/mol. The summed E-state index contributed by atoms with van der Waals surface area (Å²) in [7, 11) is 3.40. The van der Waals surface area contributed by atoms with Crippen LogP contribution in [0.2, 0.25) is 0 Å².